The van der Waals surface area contributed by atoms with E-state index in [2.05, 4.69) is 211 Å². The van der Waals surface area contributed by atoms with Crippen molar-refractivity contribution in [3.63, 3.8) is 0 Å². The van der Waals surface area contributed by atoms with Crippen LogP contribution in [-0.2, 0) is 38.4 Å². The molecule has 2 nitrogen and oxygen atoms in total. The van der Waals surface area contributed by atoms with E-state index in [1.807, 2.05) is 54.7 Å². The Morgan fingerprint density at radius 2 is 0.764 bits per heavy atom. The monoisotopic (exact) mass is 1100 g/mol. The van der Waals surface area contributed by atoms with Crippen LogP contribution in [0.3, 0.4) is 0 Å². The summed E-state index contributed by atoms with van der Waals surface area (Å²) >= 11 is 0. The molecule has 1 radical (unpaired) electrons. The number of rotatable bonds is 6. The van der Waals surface area contributed by atoms with Crippen molar-refractivity contribution < 1.29 is 20.1 Å². The van der Waals surface area contributed by atoms with E-state index >= 15 is 0 Å². The van der Waals surface area contributed by atoms with Gasteiger partial charge >= 0.3 is 0 Å². The molecule has 2 heterocycles. The Hall–Kier alpha value is -8.33. The third-order valence-corrected chi connectivity index (χ3v) is 14.7. The zero-order valence-electron chi connectivity index (χ0n) is 39.4. The molecule has 1 spiro atoms. The van der Waals surface area contributed by atoms with Crippen LogP contribution in [0.4, 0.5) is 0 Å². The third-order valence-electron chi connectivity index (χ3n) is 14.7. The van der Waals surface area contributed by atoms with Crippen molar-refractivity contribution in [1.29, 1.82) is 0 Å². The molecule has 2 aliphatic carbocycles. The molecule has 0 fully saturated rings. The van der Waals surface area contributed by atoms with Crippen LogP contribution in [0.25, 0.3) is 99.7 Å². The maximum absolute atomic E-state index is 4.70. The Morgan fingerprint density at radius 3 is 1.24 bits per heavy atom. The van der Waals surface area contributed by atoms with Gasteiger partial charge in [0.15, 0.2) is 0 Å². The minimum atomic E-state index is -0.227. The van der Waals surface area contributed by atoms with Crippen molar-refractivity contribution in [1.82, 2.24) is 9.97 Å². The van der Waals surface area contributed by atoms with Gasteiger partial charge in [-0.1, -0.05) is 182 Å². The van der Waals surface area contributed by atoms with E-state index in [1.54, 1.807) is 6.20 Å². The van der Waals surface area contributed by atoms with Crippen LogP contribution in [0.2, 0.25) is 0 Å². The van der Waals surface area contributed by atoms with Gasteiger partial charge in [0.25, 0.3) is 0 Å². The molecule has 14 rings (SSSR count). The number of hydrogen-bond donors (Lipinski definition) is 0. The molecule has 0 unspecified atom stereocenters. The van der Waals surface area contributed by atoms with E-state index in [1.165, 1.54) is 99.4 Å². The first kappa shape index (κ1) is 44.8. The van der Waals surface area contributed by atoms with E-state index in [4.69, 9.17) is 4.98 Å². The fraction of sp³-hybridized carbons (Fsp3) is 0.0435. The first-order valence-corrected chi connectivity index (χ1v) is 24.5. The van der Waals surface area contributed by atoms with Gasteiger partial charge in [-0.3, -0.25) is 0 Å². The summed E-state index contributed by atoms with van der Waals surface area (Å²) < 4.78 is 0. The summed E-state index contributed by atoms with van der Waals surface area (Å²) in [7, 11) is 0. The molecule has 343 valence electrons. The van der Waals surface area contributed by atoms with E-state index in [-0.39, 0.29) is 25.5 Å². The Morgan fingerprint density at radius 1 is 0.333 bits per heavy atom. The standard InChI is InChI=1S/C58H38N.C11H8N.Ir/c1-3-13-38(14-4-1)45-28-30-47(51-19-9-7-17-49(45)51)40-24-26-53-54-27-25-41(48-31-29-46(39-15-5-2-6-16-39)50-18-8-10-20-52(48)50)35-56(54)58(55(53)34-40)36-43-23-22-42(33-44(43)37-58)57-21-11-12-32-59-57;1-2-6-10(7-3-1)11-8-4-5-9-12-11;/h1-21,23-35H,36-37H2;1-6,8-9H;/q2*-1;. The molecule has 12 aromatic rings. The summed E-state index contributed by atoms with van der Waals surface area (Å²) in [6.07, 6.45) is 5.51. The predicted octanol–water partition coefficient (Wildman–Crippen LogP) is 17.1. The third kappa shape index (κ3) is 7.98. The van der Waals surface area contributed by atoms with Gasteiger partial charge < -0.3 is 9.97 Å². The first-order chi connectivity index (χ1) is 35.2. The Bertz CT molecular complexity index is 3700. The smallest absolute Gasteiger partial charge is 0.0201 e. The molecule has 0 amide bonds. The normalized spacial score (nSPS) is 12.6. The van der Waals surface area contributed by atoms with Crippen LogP contribution in [0, 0.1) is 12.1 Å². The largest absolute Gasteiger partial charge is 0.305 e. The molecule has 0 saturated carbocycles. The SMILES string of the molecule is [Ir].[c-]1cc2c(cc1-c1ccccn1)CC1(C2)c2cc(-c3ccc(-c4ccccc4)c4ccccc34)ccc2-c2ccc(-c3ccc(-c4ccccc4)c4ccccc34)cc21.[c-]1ccccc1-c1ccccn1. The van der Waals surface area contributed by atoms with Crippen LogP contribution in [0.15, 0.2) is 255 Å². The van der Waals surface area contributed by atoms with Crippen molar-refractivity contribution in [2.45, 2.75) is 18.3 Å². The van der Waals surface area contributed by atoms with Gasteiger partial charge in [0, 0.05) is 37.9 Å². The minimum absolute atomic E-state index is 0. The number of pyridine rings is 2. The molecule has 2 aliphatic rings. The fourth-order valence-corrected chi connectivity index (χ4v) is 11.4. The van der Waals surface area contributed by atoms with Gasteiger partial charge in [-0.15, -0.1) is 70.8 Å². The van der Waals surface area contributed by atoms with Crippen LogP contribution in [0.1, 0.15) is 22.3 Å². The quantitative estimate of drug-likeness (QED) is 0.155. The van der Waals surface area contributed by atoms with E-state index < -0.39 is 0 Å². The molecule has 3 heteroatoms. The summed E-state index contributed by atoms with van der Waals surface area (Å²) in [6, 6.07) is 94.3. The molecule has 0 bridgehead atoms. The van der Waals surface area contributed by atoms with Gasteiger partial charge in [0.05, 0.1) is 0 Å². The molecular weight excluding hydrogens is 1050 g/mol. The minimum Gasteiger partial charge on any atom is -0.305 e. The summed E-state index contributed by atoms with van der Waals surface area (Å²) in [5, 5.41) is 5.10. The van der Waals surface area contributed by atoms with Crippen molar-refractivity contribution in [3.05, 3.63) is 289 Å². The Balaban J connectivity index is 0.000000358. The van der Waals surface area contributed by atoms with Crippen molar-refractivity contribution in [2.75, 3.05) is 0 Å². The second kappa shape index (κ2) is 19.1. The molecular formula is C69H46IrN2-2. The van der Waals surface area contributed by atoms with E-state index in [9.17, 15) is 0 Å². The van der Waals surface area contributed by atoms with Crippen LogP contribution in [-0.4, -0.2) is 9.97 Å². The van der Waals surface area contributed by atoms with Gasteiger partial charge in [-0.2, -0.15) is 0 Å². The van der Waals surface area contributed by atoms with Crippen LogP contribution in [0.5, 0.6) is 0 Å². The topological polar surface area (TPSA) is 25.8 Å². The van der Waals surface area contributed by atoms with E-state index in [0.29, 0.717) is 0 Å². The summed E-state index contributed by atoms with van der Waals surface area (Å²) in [5.41, 5.74) is 22.1. The van der Waals surface area contributed by atoms with Crippen molar-refractivity contribution in [2.24, 2.45) is 0 Å². The number of benzene rings is 10. The maximum Gasteiger partial charge on any atom is 0.0201 e. The van der Waals surface area contributed by atoms with Gasteiger partial charge in [-0.05, 0) is 137 Å². The average molecular weight is 1100 g/mol. The van der Waals surface area contributed by atoms with Crippen molar-refractivity contribution in [3.8, 4) is 78.1 Å². The van der Waals surface area contributed by atoms with Gasteiger partial charge in [0.1, 0.15) is 0 Å². The molecule has 2 aromatic heterocycles. The number of nitrogens with zero attached hydrogens (tertiary/aromatic N) is 2. The summed E-state index contributed by atoms with van der Waals surface area (Å²) in [6.45, 7) is 0. The molecule has 10 aromatic carbocycles. The van der Waals surface area contributed by atoms with Crippen molar-refractivity contribution >= 4 is 21.5 Å². The molecule has 0 saturated heterocycles. The molecule has 0 atom stereocenters. The number of hydrogen-bond acceptors (Lipinski definition) is 2. The van der Waals surface area contributed by atoms with Gasteiger partial charge in [-0.25, -0.2) is 0 Å². The molecule has 0 aliphatic heterocycles. The Labute approximate surface area is 434 Å². The maximum atomic E-state index is 4.70. The Kier molecular flexibility index (Phi) is 11.9. The van der Waals surface area contributed by atoms with E-state index in [0.717, 1.165) is 35.4 Å². The summed E-state index contributed by atoms with van der Waals surface area (Å²) in [4.78, 5) is 8.91. The first-order valence-electron chi connectivity index (χ1n) is 24.5. The van der Waals surface area contributed by atoms with Crippen LogP contribution < -0.4 is 0 Å². The van der Waals surface area contributed by atoms with Gasteiger partial charge in [0.2, 0.25) is 0 Å². The molecule has 72 heavy (non-hydrogen) atoms. The zero-order chi connectivity index (χ0) is 47.1. The zero-order valence-corrected chi connectivity index (χ0v) is 41.8. The predicted molar refractivity (Wildman–Crippen MR) is 294 cm³/mol. The van der Waals surface area contributed by atoms with Crippen LogP contribution >= 0.6 is 0 Å². The fourth-order valence-electron chi connectivity index (χ4n) is 11.4. The number of aromatic nitrogens is 2. The molecule has 0 N–H and O–H groups in total. The summed E-state index contributed by atoms with van der Waals surface area (Å²) in [5.74, 6) is 0. The number of fused-ring (bicyclic) bond motifs is 8. The second-order valence-electron chi connectivity index (χ2n) is 18.7. The average Bonchev–Trinajstić information content (AvgIpc) is 3.97. The second-order valence-corrected chi connectivity index (χ2v) is 18.7.